The van der Waals surface area contributed by atoms with E-state index in [2.05, 4.69) is 5.32 Å². The first-order valence-corrected chi connectivity index (χ1v) is 7.84. The summed E-state index contributed by atoms with van der Waals surface area (Å²) in [4.78, 5) is 12.1. The van der Waals surface area contributed by atoms with Crippen LogP contribution in [0.15, 0.2) is 18.2 Å². The third-order valence-electron chi connectivity index (χ3n) is 2.79. The molecule has 1 aromatic carbocycles. The van der Waals surface area contributed by atoms with E-state index in [0.29, 0.717) is 36.8 Å². The Morgan fingerprint density at radius 3 is 3.00 bits per heavy atom. The van der Waals surface area contributed by atoms with Gasteiger partial charge in [0.1, 0.15) is 13.2 Å². The van der Waals surface area contributed by atoms with Gasteiger partial charge in [-0.05, 0) is 24.3 Å². The molecule has 0 unspecified atom stereocenters. The van der Waals surface area contributed by atoms with Gasteiger partial charge in [0, 0.05) is 18.9 Å². The molecule has 110 valence electrons. The van der Waals surface area contributed by atoms with Gasteiger partial charge in [0.05, 0.1) is 5.56 Å². The first kappa shape index (κ1) is 15.0. The Balaban J connectivity index is 1.83. The molecule has 0 spiro atoms. The van der Waals surface area contributed by atoms with E-state index in [4.69, 9.17) is 14.6 Å². The summed E-state index contributed by atoms with van der Waals surface area (Å²) in [6.45, 7) is 1.79. The Morgan fingerprint density at radius 1 is 1.30 bits per heavy atom. The van der Waals surface area contributed by atoms with Gasteiger partial charge in [-0.25, -0.2) is 0 Å². The van der Waals surface area contributed by atoms with E-state index in [1.54, 1.807) is 30.0 Å². The van der Waals surface area contributed by atoms with Crippen molar-refractivity contribution in [1.82, 2.24) is 5.32 Å². The van der Waals surface area contributed by atoms with E-state index in [1.807, 2.05) is 0 Å². The molecule has 1 heterocycles. The lowest BCUT2D eigenvalue weighted by atomic mass is 10.1. The van der Waals surface area contributed by atoms with Crippen LogP contribution in [-0.2, 0) is 0 Å². The summed E-state index contributed by atoms with van der Waals surface area (Å²) in [7, 11) is 0. The average molecular weight is 297 g/mol. The Morgan fingerprint density at radius 2 is 2.15 bits per heavy atom. The van der Waals surface area contributed by atoms with Crippen LogP contribution in [0.3, 0.4) is 0 Å². The zero-order valence-electron chi connectivity index (χ0n) is 11.3. The number of carbonyl (C=O) groups is 1. The van der Waals surface area contributed by atoms with Crippen molar-refractivity contribution in [2.75, 3.05) is 37.9 Å². The quantitative estimate of drug-likeness (QED) is 0.743. The molecule has 6 heteroatoms. The van der Waals surface area contributed by atoms with Gasteiger partial charge in [0.15, 0.2) is 11.5 Å². The highest BCUT2D eigenvalue weighted by atomic mass is 32.2. The Bertz CT molecular complexity index is 453. The SMILES string of the molecule is O=C(NCCSCCCO)c1cccc2c1OCCO2. The molecule has 0 fully saturated rings. The number of nitrogens with one attached hydrogen (secondary N) is 1. The van der Waals surface area contributed by atoms with Crippen LogP contribution in [0.25, 0.3) is 0 Å². The normalized spacial score (nSPS) is 13.1. The lowest BCUT2D eigenvalue weighted by Gasteiger charge is -2.20. The maximum Gasteiger partial charge on any atom is 0.255 e. The molecule has 0 aromatic heterocycles. The fourth-order valence-electron chi connectivity index (χ4n) is 1.85. The van der Waals surface area contributed by atoms with Crippen molar-refractivity contribution in [3.63, 3.8) is 0 Å². The molecular formula is C14H19NO4S. The molecule has 0 saturated heterocycles. The second-order valence-corrected chi connectivity index (χ2v) is 5.50. The van der Waals surface area contributed by atoms with Crippen LogP contribution in [0.5, 0.6) is 11.5 Å². The van der Waals surface area contributed by atoms with Crippen LogP contribution in [0.1, 0.15) is 16.8 Å². The van der Waals surface area contributed by atoms with Gasteiger partial charge in [0.2, 0.25) is 0 Å². The van der Waals surface area contributed by atoms with Crippen LogP contribution < -0.4 is 14.8 Å². The number of para-hydroxylation sites is 1. The number of ether oxygens (including phenoxy) is 2. The van der Waals surface area contributed by atoms with Crippen molar-refractivity contribution in [3.8, 4) is 11.5 Å². The number of rotatable bonds is 7. The van der Waals surface area contributed by atoms with E-state index in [0.717, 1.165) is 17.9 Å². The summed E-state index contributed by atoms with van der Waals surface area (Å²) < 4.78 is 11.0. The fraction of sp³-hybridized carbons (Fsp3) is 0.500. The molecule has 1 aromatic rings. The third kappa shape index (κ3) is 4.05. The monoisotopic (exact) mass is 297 g/mol. The molecule has 1 aliphatic heterocycles. The number of amides is 1. The molecule has 0 atom stereocenters. The van der Waals surface area contributed by atoms with Gasteiger partial charge in [-0.3, -0.25) is 4.79 Å². The predicted molar refractivity (Wildman–Crippen MR) is 78.8 cm³/mol. The van der Waals surface area contributed by atoms with E-state index in [1.165, 1.54) is 0 Å². The van der Waals surface area contributed by atoms with E-state index in [9.17, 15) is 4.79 Å². The maximum absolute atomic E-state index is 12.1. The summed E-state index contributed by atoms with van der Waals surface area (Å²) >= 11 is 1.71. The van der Waals surface area contributed by atoms with Crippen molar-refractivity contribution < 1.29 is 19.4 Å². The van der Waals surface area contributed by atoms with Crippen LogP contribution >= 0.6 is 11.8 Å². The number of carbonyl (C=O) groups excluding carboxylic acids is 1. The zero-order chi connectivity index (χ0) is 14.2. The second-order valence-electron chi connectivity index (χ2n) is 4.28. The summed E-state index contributed by atoms with van der Waals surface area (Å²) in [5, 5.41) is 11.5. The molecule has 2 N–H and O–H groups in total. The van der Waals surface area contributed by atoms with E-state index in [-0.39, 0.29) is 12.5 Å². The first-order valence-electron chi connectivity index (χ1n) is 6.68. The largest absolute Gasteiger partial charge is 0.486 e. The zero-order valence-corrected chi connectivity index (χ0v) is 12.1. The van der Waals surface area contributed by atoms with Crippen molar-refractivity contribution in [2.24, 2.45) is 0 Å². The highest BCUT2D eigenvalue weighted by Crippen LogP contribution is 2.33. The van der Waals surface area contributed by atoms with Crippen molar-refractivity contribution in [3.05, 3.63) is 23.8 Å². The topological polar surface area (TPSA) is 67.8 Å². The van der Waals surface area contributed by atoms with Crippen molar-refractivity contribution in [2.45, 2.75) is 6.42 Å². The summed E-state index contributed by atoms with van der Waals surface area (Å²) in [6.07, 6.45) is 0.788. The smallest absolute Gasteiger partial charge is 0.255 e. The molecule has 1 amide bonds. The van der Waals surface area contributed by atoms with Crippen molar-refractivity contribution in [1.29, 1.82) is 0 Å². The minimum Gasteiger partial charge on any atom is -0.486 e. The summed E-state index contributed by atoms with van der Waals surface area (Å²) in [5.41, 5.74) is 0.516. The lowest BCUT2D eigenvalue weighted by Crippen LogP contribution is -2.27. The fourth-order valence-corrected chi connectivity index (χ4v) is 2.64. The highest BCUT2D eigenvalue weighted by Gasteiger charge is 2.19. The summed E-state index contributed by atoms with van der Waals surface area (Å²) in [6, 6.07) is 5.33. The van der Waals surface area contributed by atoms with Crippen LogP contribution in [0.2, 0.25) is 0 Å². The van der Waals surface area contributed by atoms with Gasteiger partial charge < -0.3 is 19.9 Å². The van der Waals surface area contributed by atoms with E-state index >= 15 is 0 Å². The van der Waals surface area contributed by atoms with Gasteiger partial charge >= 0.3 is 0 Å². The molecule has 0 saturated carbocycles. The van der Waals surface area contributed by atoms with Crippen LogP contribution in [0.4, 0.5) is 0 Å². The number of fused-ring (bicyclic) bond motifs is 1. The third-order valence-corrected chi connectivity index (χ3v) is 3.86. The minimum absolute atomic E-state index is 0.143. The minimum atomic E-state index is -0.143. The second kappa shape index (κ2) is 8.01. The van der Waals surface area contributed by atoms with Gasteiger partial charge in [0.25, 0.3) is 5.91 Å². The number of thioether (sulfide) groups is 1. The Kier molecular flexibility index (Phi) is 6.01. The number of aliphatic hydroxyl groups excluding tert-OH is 1. The molecule has 20 heavy (non-hydrogen) atoms. The molecule has 1 aliphatic rings. The molecule has 0 aliphatic carbocycles. The van der Waals surface area contributed by atoms with Gasteiger partial charge in [-0.2, -0.15) is 11.8 Å². The lowest BCUT2D eigenvalue weighted by molar-refractivity contribution is 0.0945. The van der Waals surface area contributed by atoms with Gasteiger partial charge in [-0.15, -0.1) is 0 Å². The molecule has 0 bridgehead atoms. The van der Waals surface area contributed by atoms with Crippen LogP contribution in [-0.4, -0.2) is 48.9 Å². The number of benzene rings is 1. The standard InChI is InChI=1S/C14H19NO4S/c16-6-2-9-20-10-5-15-14(17)11-3-1-4-12-13(11)19-8-7-18-12/h1,3-4,16H,2,5-10H2,(H,15,17). The number of hydrogen-bond donors (Lipinski definition) is 2. The Labute approximate surface area is 122 Å². The maximum atomic E-state index is 12.1. The molecule has 5 nitrogen and oxygen atoms in total. The van der Waals surface area contributed by atoms with Crippen molar-refractivity contribution >= 4 is 17.7 Å². The van der Waals surface area contributed by atoms with Crippen LogP contribution in [0, 0.1) is 0 Å². The first-order chi connectivity index (χ1) is 9.83. The Hall–Kier alpha value is -1.40. The average Bonchev–Trinajstić information content (AvgIpc) is 2.50. The molecular weight excluding hydrogens is 278 g/mol. The predicted octanol–water partition coefficient (Wildman–Crippen LogP) is 1.30. The number of hydrogen-bond acceptors (Lipinski definition) is 5. The number of aliphatic hydroxyl groups is 1. The molecule has 2 rings (SSSR count). The van der Waals surface area contributed by atoms with E-state index < -0.39 is 0 Å². The summed E-state index contributed by atoms with van der Waals surface area (Å²) in [5.74, 6) is 2.75. The highest BCUT2D eigenvalue weighted by molar-refractivity contribution is 7.99. The molecule has 0 radical (unpaired) electrons. The van der Waals surface area contributed by atoms with Gasteiger partial charge in [-0.1, -0.05) is 6.07 Å².